The molecule has 2 heterocycles. The van der Waals surface area contributed by atoms with E-state index < -0.39 is 0 Å². The maximum absolute atomic E-state index is 11.2. The summed E-state index contributed by atoms with van der Waals surface area (Å²) in [6, 6.07) is 7.05. The summed E-state index contributed by atoms with van der Waals surface area (Å²) in [6.07, 6.45) is 0.453. The molecule has 14 heavy (non-hydrogen) atoms. The van der Waals surface area contributed by atoms with Gasteiger partial charge in [0.2, 0.25) is 11.8 Å². The summed E-state index contributed by atoms with van der Waals surface area (Å²) in [5.41, 5.74) is 1.52. The number of rotatable bonds is 0. The average Bonchev–Trinajstić information content (AvgIpc) is 2.18. The van der Waals surface area contributed by atoms with Gasteiger partial charge in [-0.2, -0.15) is 0 Å². The van der Waals surface area contributed by atoms with Crippen LogP contribution in [0.25, 0.3) is 0 Å². The number of hydrogen-bond donors (Lipinski definition) is 2. The second-order valence-corrected chi connectivity index (χ2v) is 3.17. The van der Waals surface area contributed by atoms with Crippen molar-refractivity contribution < 1.29 is 9.59 Å². The van der Waals surface area contributed by atoms with Crippen LogP contribution in [0.15, 0.2) is 24.3 Å². The molecule has 0 aliphatic carbocycles. The molecular formula is C10H10N2O2. The highest BCUT2D eigenvalue weighted by atomic mass is 16.2. The Morgan fingerprint density at radius 1 is 0.786 bits per heavy atom. The Kier molecular flexibility index (Phi) is 2.18. The molecule has 0 unspecified atom stereocenters. The molecule has 3 rings (SSSR count). The summed E-state index contributed by atoms with van der Waals surface area (Å²) in [7, 11) is 0. The van der Waals surface area contributed by atoms with E-state index in [2.05, 4.69) is 10.6 Å². The molecule has 2 bridgehead atoms. The zero-order chi connectivity index (χ0) is 9.97. The number of amides is 2. The topological polar surface area (TPSA) is 58.2 Å². The number of fused-ring (bicyclic) bond motifs is 7. The molecule has 4 heteroatoms. The molecule has 2 aliphatic heterocycles. The lowest BCUT2D eigenvalue weighted by molar-refractivity contribution is -0.121. The monoisotopic (exact) mass is 190 g/mol. The van der Waals surface area contributed by atoms with Crippen LogP contribution in [0.1, 0.15) is 12.8 Å². The molecule has 0 radical (unpaired) electrons. The van der Waals surface area contributed by atoms with Crippen molar-refractivity contribution in [2.45, 2.75) is 12.8 Å². The molecule has 1 aromatic rings. The van der Waals surface area contributed by atoms with Crippen molar-refractivity contribution in [3.63, 3.8) is 0 Å². The lowest BCUT2D eigenvalue weighted by atomic mass is 10.2. The van der Waals surface area contributed by atoms with E-state index in [-0.39, 0.29) is 24.7 Å². The molecule has 4 nitrogen and oxygen atoms in total. The van der Waals surface area contributed by atoms with Crippen LogP contribution in [0.2, 0.25) is 0 Å². The van der Waals surface area contributed by atoms with E-state index in [0.717, 1.165) is 11.4 Å². The van der Waals surface area contributed by atoms with Gasteiger partial charge in [-0.1, -0.05) is 0 Å². The summed E-state index contributed by atoms with van der Waals surface area (Å²) in [5.74, 6) is -0.260. The predicted octanol–water partition coefficient (Wildman–Crippen LogP) is 1.36. The molecule has 2 aliphatic rings. The Morgan fingerprint density at radius 2 is 1.14 bits per heavy atom. The smallest absolute Gasteiger partial charge is 0.224 e. The van der Waals surface area contributed by atoms with Crippen molar-refractivity contribution in [2.24, 2.45) is 0 Å². The maximum atomic E-state index is 11.2. The van der Waals surface area contributed by atoms with Crippen LogP contribution in [-0.4, -0.2) is 11.8 Å². The van der Waals surface area contributed by atoms with E-state index in [4.69, 9.17) is 0 Å². The maximum Gasteiger partial charge on any atom is 0.224 e. The Labute approximate surface area is 81.3 Å². The van der Waals surface area contributed by atoms with Gasteiger partial charge >= 0.3 is 0 Å². The van der Waals surface area contributed by atoms with Gasteiger partial charge in [-0.25, -0.2) is 0 Å². The van der Waals surface area contributed by atoms with Crippen LogP contribution in [-0.2, 0) is 9.59 Å². The van der Waals surface area contributed by atoms with E-state index in [9.17, 15) is 9.59 Å². The van der Waals surface area contributed by atoms with Crippen molar-refractivity contribution in [2.75, 3.05) is 10.6 Å². The third kappa shape index (κ3) is 1.90. The lowest BCUT2D eigenvalue weighted by Crippen LogP contribution is -2.18. The summed E-state index contributed by atoms with van der Waals surface area (Å²) in [6.45, 7) is 0. The minimum atomic E-state index is -0.130. The number of carbonyl (C=O) groups is 2. The van der Waals surface area contributed by atoms with Gasteiger partial charge in [0.1, 0.15) is 0 Å². The summed E-state index contributed by atoms with van der Waals surface area (Å²) in [4.78, 5) is 22.5. The zero-order valence-corrected chi connectivity index (χ0v) is 7.54. The van der Waals surface area contributed by atoms with Gasteiger partial charge in [-0.3, -0.25) is 9.59 Å². The first kappa shape index (κ1) is 8.74. The van der Waals surface area contributed by atoms with Crippen molar-refractivity contribution in [3.05, 3.63) is 24.3 Å². The molecule has 0 saturated carbocycles. The third-order valence-corrected chi connectivity index (χ3v) is 2.03. The number of hydrogen-bond acceptors (Lipinski definition) is 2. The predicted molar refractivity (Wildman–Crippen MR) is 52.9 cm³/mol. The van der Waals surface area contributed by atoms with Crippen LogP contribution in [0.3, 0.4) is 0 Å². The minimum Gasteiger partial charge on any atom is -0.326 e. The average molecular weight is 190 g/mol. The largest absolute Gasteiger partial charge is 0.326 e. The van der Waals surface area contributed by atoms with E-state index >= 15 is 0 Å². The first-order chi connectivity index (χ1) is 6.74. The SMILES string of the molecule is O=C1CCC(=O)Nc2ccc(cc2)N1. The zero-order valence-electron chi connectivity index (χ0n) is 7.54. The van der Waals surface area contributed by atoms with Gasteiger partial charge in [0.15, 0.2) is 0 Å². The normalized spacial score (nSPS) is 16.0. The first-order valence-electron chi connectivity index (χ1n) is 4.44. The number of nitrogens with one attached hydrogen (secondary N) is 2. The molecule has 0 aromatic heterocycles. The van der Waals surface area contributed by atoms with E-state index in [1.165, 1.54) is 0 Å². The molecular weight excluding hydrogens is 180 g/mol. The van der Waals surface area contributed by atoms with Gasteiger partial charge in [0, 0.05) is 24.2 Å². The molecule has 0 spiro atoms. The van der Waals surface area contributed by atoms with Crippen molar-refractivity contribution in [3.8, 4) is 0 Å². The van der Waals surface area contributed by atoms with Crippen LogP contribution in [0, 0.1) is 0 Å². The second kappa shape index (κ2) is 3.49. The van der Waals surface area contributed by atoms with E-state index in [1.807, 2.05) is 0 Å². The molecule has 0 fully saturated rings. The Hall–Kier alpha value is -1.84. The van der Waals surface area contributed by atoms with Crippen LogP contribution >= 0.6 is 0 Å². The van der Waals surface area contributed by atoms with E-state index in [0.29, 0.717) is 0 Å². The lowest BCUT2D eigenvalue weighted by Gasteiger charge is -2.10. The summed E-state index contributed by atoms with van der Waals surface area (Å²) in [5, 5.41) is 5.41. The standard InChI is InChI=1S/C10H10N2O2/c13-9-5-6-10(14)12-8-2-1-7(11-9)3-4-8/h1-4H,5-6H2,(H,11,13)(H,12,14). The summed E-state index contributed by atoms with van der Waals surface area (Å²) < 4.78 is 0. The highest BCUT2D eigenvalue weighted by Crippen LogP contribution is 2.15. The van der Waals surface area contributed by atoms with Crippen LogP contribution in [0.5, 0.6) is 0 Å². The second-order valence-electron chi connectivity index (χ2n) is 3.17. The van der Waals surface area contributed by atoms with Crippen LogP contribution < -0.4 is 10.6 Å². The molecule has 72 valence electrons. The highest BCUT2D eigenvalue weighted by molar-refractivity contribution is 5.98. The fraction of sp³-hybridized carbons (Fsp3) is 0.200. The molecule has 0 atom stereocenters. The Morgan fingerprint density at radius 3 is 1.50 bits per heavy atom. The Bertz CT molecular complexity index is 333. The number of anilines is 2. The molecule has 2 N–H and O–H groups in total. The number of carbonyl (C=O) groups excluding carboxylic acids is 2. The first-order valence-corrected chi connectivity index (χ1v) is 4.44. The van der Waals surface area contributed by atoms with Crippen LogP contribution in [0.4, 0.5) is 11.4 Å². The van der Waals surface area contributed by atoms with Gasteiger partial charge in [-0.15, -0.1) is 0 Å². The fourth-order valence-corrected chi connectivity index (χ4v) is 1.31. The van der Waals surface area contributed by atoms with E-state index in [1.54, 1.807) is 24.3 Å². The third-order valence-electron chi connectivity index (χ3n) is 2.03. The summed E-state index contributed by atoms with van der Waals surface area (Å²) >= 11 is 0. The number of benzene rings is 1. The molecule has 0 saturated heterocycles. The molecule has 1 aromatic carbocycles. The van der Waals surface area contributed by atoms with Gasteiger partial charge in [0.25, 0.3) is 0 Å². The van der Waals surface area contributed by atoms with Crippen molar-refractivity contribution in [1.82, 2.24) is 0 Å². The fourth-order valence-electron chi connectivity index (χ4n) is 1.31. The Balaban J connectivity index is 2.32. The van der Waals surface area contributed by atoms with Crippen molar-refractivity contribution >= 4 is 23.2 Å². The van der Waals surface area contributed by atoms with Gasteiger partial charge in [0.05, 0.1) is 0 Å². The van der Waals surface area contributed by atoms with Gasteiger partial charge in [-0.05, 0) is 24.3 Å². The van der Waals surface area contributed by atoms with Gasteiger partial charge < -0.3 is 10.6 Å². The highest BCUT2D eigenvalue weighted by Gasteiger charge is 2.09. The van der Waals surface area contributed by atoms with Crippen molar-refractivity contribution in [1.29, 1.82) is 0 Å². The molecule has 2 amide bonds. The quantitative estimate of drug-likeness (QED) is 0.648. The minimum absolute atomic E-state index is 0.130.